The minimum Gasteiger partial charge on any atom is -0.383 e. The van der Waals surface area contributed by atoms with E-state index in [2.05, 4.69) is 21.5 Å². The Morgan fingerprint density at radius 3 is 3.11 bits per heavy atom. The van der Waals surface area contributed by atoms with Gasteiger partial charge in [0.05, 0.1) is 17.7 Å². The van der Waals surface area contributed by atoms with Crippen LogP contribution in [0.15, 0.2) is 40.6 Å². The van der Waals surface area contributed by atoms with Crippen molar-refractivity contribution < 1.29 is 4.74 Å². The summed E-state index contributed by atoms with van der Waals surface area (Å²) in [6.45, 7) is 2.34. The van der Waals surface area contributed by atoms with Gasteiger partial charge in [-0.15, -0.1) is 0 Å². The summed E-state index contributed by atoms with van der Waals surface area (Å²) in [5.74, 6) is 0. The Morgan fingerprint density at radius 2 is 2.37 bits per heavy atom. The van der Waals surface area contributed by atoms with Gasteiger partial charge in [0.25, 0.3) is 0 Å². The second-order valence-electron chi connectivity index (χ2n) is 4.09. The van der Waals surface area contributed by atoms with Crippen molar-refractivity contribution in [1.29, 1.82) is 0 Å². The summed E-state index contributed by atoms with van der Waals surface area (Å²) in [7, 11) is 3.62. The standard InChI is InChI=1S/C13H18N4OS/c1-17-10-12(9-16-17)19-13-11(4-3-5-15-13)8-14-6-7-18-2/h3-5,9-10,14H,6-8H2,1-2H3. The number of methoxy groups -OCH3 is 1. The lowest BCUT2D eigenvalue weighted by Crippen LogP contribution is -2.19. The highest BCUT2D eigenvalue weighted by molar-refractivity contribution is 7.99. The normalized spacial score (nSPS) is 10.8. The van der Waals surface area contributed by atoms with E-state index >= 15 is 0 Å². The SMILES string of the molecule is COCCNCc1cccnc1Sc1cnn(C)c1. The average Bonchev–Trinajstić information content (AvgIpc) is 2.82. The number of pyridine rings is 1. The zero-order chi connectivity index (χ0) is 13.5. The maximum absolute atomic E-state index is 5.01. The zero-order valence-corrected chi connectivity index (χ0v) is 12.0. The average molecular weight is 278 g/mol. The van der Waals surface area contributed by atoms with Crippen molar-refractivity contribution in [2.24, 2.45) is 7.05 Å². The Kier molecular flexibility index (Phi) is 5.38. The topological polar surface area (TPSA) is 52.0 Å². The molecule has 0 aliphatic heterocycles. The minimum absolute atomic E-state index is 0.714. The van der Waals surface area contributed by atoms with Gasteiger partial charge in [0.1, 0.15) is 5.03 Å². The van der Waals surface area contributed by atoms with Crippen LogP contribution < -0.4 is 5.32 Å². The van der Waals surface area contributed by atoms with Gasteiger partial charge in [-0.2, -0.15) is 5.10 Å². The van der Waals surface area contributed by atoms with Crippen LogP contribution in [0.4, 0.5) is 0 Å². The van der Waals surface area contributed by atoms with Crippen LogP contribution in [0.25, 0.3) is 0 Å². The van der Waals surface area contributed by atoms with Crippen LogP contribution in [0, 0.1) is 0 Å². The molecular weight excluding hydrogens is 260 g/mol. The first kappa shape index (κ1) is 14.0. The molecule has 0 aromatic carbocycles. The lowest BCUT2D eigenvalue weighted by atomic mass is 10.3. The Labute approximate surface area is 117 Å². The third-order valence-electron chi connectivity index (χ3n) is 2.54. The van der Waals surface area contributed by atoms with Crippen LogP contribution >= 0.6 is 11.8 Å². The fraction of sp³-hybridized carbons (Fsp3) is 0.385. The molecule has 0 amide bonds. The van der Waals surface area contributed by atoms with Crippen LogP contribution in [0.3, 0.4) is 0 Å². The van der Waals surface area contributed by atoms with E-state index in [9.17, 15) is 0 Å². The molecule has 2 aromatic heterocycles. The number of hydrogen-bond donors (Lipinski definition) is 1. The van der Waals surface area contributed by atoms with Crippen LogP contribution in [0.1, 0.15) is 5.56 Å². The van der Waals surface area contributed by atoms with E-state index < -0.39 is 0 Å². The van der Waals surface area contributed by atoms with Crippen molar-refractivity contribution >= 4 is 11.8 Å². The quantitative estimate of drug-likeness (QED) is 0.781. The van der Waals surface area contributed by atoms with E-state index in [1.165, 1.54) is 5.56 Å². The predicted octanol–water partition coefficient (Wildman–Crippen LogP) is 1.70. The summed E-state index contributed by atoms with van der Waals surface area (Å²) in [6.07, 6.45) is 5.65. The maximum atomic E-state index is 5.01. The van der Waals surface area contributed by atoms with E-state index in [1.54, 1.807) is 23.6 Å². The molecular formula is C13H18N4OS. The van der Waals surface area contributed by atoms with Crippen LogP contribution in [-0.2, 0) is 18.3 Å². The van der Waals surface area contributed by atoms with Crippen LogP contribution in [0.5, 0.6) is 0 Å². The van der Waals surface area contributed by atoms with Gasteiger partial charge in [0, 0.05) is 39.6 Å². The molecule has 2 aromatic rings. The van der Waals surface area contributed by atoms with E-state index in [-0.39, 0.29) is 0 Å². The molecule has 0 saturated heterocycles. The zero-order valence-electron chi connectivity index (χ0n) is 11.2. The number of ether oxygens (including phenoxy) is 1. The molecule has 0 saturated carbocycles. The van der Waals surface area contributed by atoms with Gasteiger partial charge in [0.15, 0.2) is 0 Å². The highest BCUT2D eigenvalue weighted by atomic mass is 32.2. The number of nitrogens with one attached hydrogen (secondary N) is 1. The summed E-state index contributed by atoms with van der Waals surface area (Å²) >= 11 is 1.63. The molecule has 0 atom stereocenters. The van der Waals surface area contributed by atoms with Crippen molar-refractivity contribution in [3.05, 3.63) is 36.3 Å². The molecule has 1 N–H and O–H groups in total. The van der Waals surface area contributed by atoms with Crippen LogP contribution in [-0.4, -0.2) is 35.0 Å². The number of aryl methyl sites for hydroxylation is 1. The highest BCUT2D eigenvalue weighted by Gasteiger charge is 2.06. The largest absolute Gasteiger partial charge is 0.383 e. The van der Waals surface area contributed by atoms with E-state index in [1.807, 2.05) is 31.7 Å². The van der Waals surface area contributed by atoms with Gasteiger partial charge in [-0.1, -0.05) is 17.8 Å². The number of aromatic nitrogens is 3. The molecule has 0 aliphatic carbocycles. The number of rotatable bonds is 7. The lowest BCUT2D eigenvalue weighted by Gasteiger charge is -2.08. The molecule has 102 valence electrons. The summed E-state index contributed by atoms with van der Waals surface area (Å²) < 4.78 is 6.81. The van der Waals surface area contributed by atoms with Gasteiger partial charge in [-0.25, -0.2) is 4.98 Å². The van der Waals surface area contributed by atoms with Crippen LogP contribution in [0.2, 0.25) is 0 Å². The molecule has 2 heterocycles. The third-order valence-corrected chi connectivity index (χ3v) is 3.55. The molecule has 5 nitrogen and oxygen atoms in total. The Bertz CT molecular complexity index is 515. The molecule has 0 aliphatic rings. The Balaban J connectivity index is 1.99. The van der Waals surface area contributed by atoms with Crippen molar-refractivity contribution in [2.75, 3.05) is 20.3 Å². The molecule has 0 bridgehead atoms. The lowest BCUT2D eigenvalue weighted by molar-refractivity contribution is 0.199. The summed E-state index contributed by atoms with van der Waals surface area (Å²) in [5, 5.41) is 8.51. The molecule has 0 unspecified atom stereocenters. The van der Waals surface area contributed by atoms with E-state index in [4.69, 9.17) is 4.74 Å². The number of nitrogens with zero attached hydrogens (tertiary/aromatic N) is 3. The van der Waals surface area contributed by atoms with Crippen molar-refractivity contribution in [3.8, 4) is 0 Å². The summed E-state index contributed by atoms with van der Waals surface area (Å²) in [6, 6.07) is 4.05. The summed E-state index contributed by atoms with van der Waals surface area (Å²) in [5.41, 5.74) is 1.19. The maximum Gasteiger partial charge on any atom is 0.105 e. The second-order valence-corrected chi connectivity index (χ2v) is 5.15. The van der Waals surface area contributed by atoms with Gasteiger partial charge in [-0.05, 0) is 11.6 Å². The van der Waals surface area contributed by atoms with Gasteiger partial charge < -0.3 is 10.1 Å². The van der Waals surface area contributed by atoms with Gasteiger partial charge in [0.2, 0.25) is 0 Å². The highest BCUT2D eigenvalue weighted by Crippen LogP contribution is 2.27. The van der Waals surface area contributed by atoms with Gasteiger partial charge in [-0.3, -0.25) is 4.68 Å². The fourth-order valence-electron chi connectivity index (χ4n) is 1.61. The summed E-state index contributed by atoms with van der Waals surface area (Å²) in [4.78, 5) is 5.53. The second kappa shape index (κ2) is 7.28. The monoisotopic (exact) mass is 278 g/mol. The first-order chi connectivity index (χ1) is 9.29. The minimum atomic E-state index is 0.714. The molecule has 19 heavy (non-hydrogen) atoms. The molecule has 0 spiro atoms. The molecule has 6 heteroatoms. The molecule has 2 rings (SSSR count). The number of hydrogen-bond acceptors (Lipinski definition) is 5. The van der Waals surface area contributed by atoms with E-state index in [0.29, 0.717) is 6.61 Å². The van der Waals surface area contributed by atoms with E-state index in [0.717, 1.165) is 23.0 Å². The molecule has 0 radical (unpaired) electrons. The Hall–Kier alpha value is -1.37. The van der Waals surface area contributed by atoms with Crippen molar-refractivity contribution in [1.82, 2.24) is 20.1 Å². The van der Waals surface area contributed by atoms with Crippen molar-refractivity contribution in [3.63, 3.8) is 0 Å². The smallest absolute Gasteiger partial charge is 0.105 e. The fourth-order valence-corrected chi connectivity index (χ4v) is 2.52. The van der Waals surface area contributed by atoms with Gasteiger partial charge >= 0.3 is 0 Å². The Morgan fingerprint density at radius 1 is 1.47 bits per heavy atom. The first-order valence-electron chi connectivity index (χ1n) is 6.09. The molecule has 0 fully saturated rings. The third kappa shape index (κ3) is 4.34. The predicted molar refractivity (Wildman–Crippen MR) is 75.2 cm³/mol. The first-order valence-corrected chi connectivity index (χ1v) is 6.91. The van der Waals surface area contributed by atoms with Crippen molar-refractivity contribution in [2.45, 2.75) is 16.5 Å².